The summed E-state index contributed by atoms with van der Waals surface area (Å²) >= 11 is 1.37. The molecule has 1 N–H and O–H groups in total. The summed E-state index contributed by atoms with van der Waals surface area (Å²) in [6.45, 7) is 4.16. The maximum absolute atomic E-state index is 11.9. The van der Waals surface area contributed by atoms with Gasteiger partial charge in [0, 0.05) is 12.6 Å². The Kier molecular flexibility index (Phi) is 5.11. The van der Waals surface area contributed by atoms with Crippen LogP contribution in [0, 0.1) is 25.2 Å². The van der Waals surface area contributed by atoms with Crippen molar-refractivity contribution >= 4 is 17.7 Å². The van der Waals surface area contributed by atoms with Gasteiger partial charge in [-0.3, -0.25) is 0 Å². The third-order valence-corrected chi connectivity index (χ3v) is 5.66. The fourth-order valence-corrected chi connectivity index (χ4v) is 4.33. The normalized spacial score (nSPS) is 10.6. The largest absolute Gasteiger partial charge is 0.477 e. The SMILES string of the molecule is CSc1c(C#N)c(-c2ccc(-c3c(C)cccc3C)cc2)c(C(=O)O)n1C. The minimum atomic E-state index is -1.04. The summed E-state index contributed by atoms with van der Waals surface area (Å²) in [5, 5.41) is 20.0. The van der Waals surface area contributed by atoms with Gasteiger partial charge in [-0.05, 0) is 47.9 Å². The second-order valence-electron chi connectivity index (χ2n) is 6.43. The summed E-state index contributed by atoms with van der Waals surface area (Å²) in [5.41, 5.74) is 6.39. The third kappa shape index (κ3) is 3.13. The molecule has 0 aliphatic heterocycles. The summed E-state index contributed by atoms with van der Waals surface area (Å²) in [6, 6.07) is 16.2. The van der Waals surface area contributed by atoms with Crippen molar-refractivity contribution < 1.29 is 9.90 Å². The topological polar surface area (TPSA) is 66.0 Å². The number of benzene rings is 2. The lowest BCUT2D eigenvalue weighted by Gasteiger charge is -2.11. The van der Waals surface area contributed by atoms with Crippen molar-refractivity contribution in [2.45, 2.75) is 18.9 Å². The number of rotatable bonds is 4. The van der Waals surface area contributed by atoms with Crippen LogP contribution in [0.2, 0.25) is 0 Å². The molecule has 0 atom stereocenters. The first-order valence-corrected chi connectivity index (χ1v) is 9.70. The van der Waals surface area contributed by atoms with E-state index < -0.39 is 5.97 Å². The molecule has 0 amide bonds. The molecule has 0 saturated heterocycles. The van der Waals surface area contributed by atoms with Gasteiger partial charge in [0.1, 0.15) is 11.8 Å². The Morgan fingerprint density at radius 2 is 1.56 bits per heavy atom. The van der Waals surface area contributed by atoms with Gasteiger partial charge in [0.05, 0.1) is 10.6 Å². The summed E-state index contributed by atoms with van der Waals surface area (Å²) in [7, 11) is 1.69. The maximum atomic E-state index is 11.9. The van der Waals surface area contributed by atoms with E-state index in [4.69, 9.17) is 0 Å². The Morgan fingerprint density at radius 1 is 1.04 bits per heavy atom. The molecule has 0 unspecified atom stereocenters. The quantitative estimate of drug-likeness (QED) is 0.630. The number of thioether (sulfide) groups is 1. The Labute approximate surface area is 163 Å². The van der Waals surface area contributed by atoms with Gasteiger partial charge in [0.15, 0.2) is 0 Å². The second-order valence-corrected chi connectivity index (χ2v) is 7.22. The number of carboxylic acids is 1. The highest BCUT2D eigenvalue weighted by Crippen LogP contribution is 2.37. The smallest absolute Gasteiger partial charge is 0.353 e. The van der Waals surface area contributed by atoms with E-state index in [1.807, 2.05) is 36.6 Å². The monoisotopic (exact) mass is 376 g/mol. The summed E-state index contributed by atoms with van der Waals surface area (Å²) in [6.07, 6.45) is 1.84. The van der Waals surface area contributed by atoms with Crippen molar-refractivity contribution in [1.82, 2.24) is 4.57 Å². The highest BCUT2D eigenvalue weighted by atomic mass is 32.2. The zero-order valence-electron chi connectivity index (χ0n) is 15.7. The first-order chi connectivity index (χ1) is 12.9. The molecule has 0 bridgehead atoms. The zero-order valence-corrected chi connectivity index (χ0v) is 16.5. The van der Waals surface area contributed by atoms with Gasteiger partial charge < -0.3 is 9.67 Å². The number of aryl methyl sites for hydroxylation is 2. The molecule has 1 aromatic heterocycles. The number of hydrogen-bond acceptors (Lipinski definition) is 3. The van der Waals surface area contributed by atoms with Crippen molar-refractivity contribution in [3.8, 4) is 28.3 Å². The maximum Gasteiger partial charge on any atom is 0.353 e. The molecule has 4 nitrogen and oxygen atoms in total. The van der Waals surface area contributed by atoms with E-state index >= 15 is 0 Å². The fourth-order valence-electron chi connectivity index (χ4n) is 3.61. The van der Waals surface area contributed by atoms with E-state index in [0.29, 0.717) is 16.2 Å². The first-order valence-electron chi connectivity index (χ1n) is 8.47. The summed E-state index contributed by atoms with van der Waals surface area (Å²) in [5.74, 6) is -1.04. The minimum Gasteiger partial charge on any atom is -0.477 e. The molecule has 5 heteroatoms. The predicted octanol–water partition coefficient (Wildman–Crippen LogP) is 5.27. The highest BCUT2D eigenvalue weighted by molar-refractivity contribution is 7.98. The first kappa shape index (κ1) is 18.8. The summed E-state index contributed by atoms with van der Waals surface area (Å²) < 4.78 is 1.58. The molecule has 1 heterocycles. The van der Waals surface area contributed by atoms with E-state index in [2.05, 4.69) is 32.0 Å². The van der Waals surface area contributed by atoms with Crippen molar-refractivity contribution in [1.29, 1.82) is 5.26 Å². The van der Waals surface area contributed by atoms with Gasteiger partial charge >= 0.3 is 5.97 Å². The van der Waals surface area contributed by atoms with E-state index in [0.717, 1.165) is 11.1 Å². The molecule has 0 saturated carbocycles. The number of aromatic nitrogens is 1. The molecule has 3 aromatic rings. The Bertz CT molecular complexity index is 1050. The molecule has 0 spiro atoms. The molecule has 27 heavy (non-hydrogen) atoms. The molecular formula is C22H20N2O2S. The molecular weight excluding hydrogens is 356 g/mol. The molecule has 3 rings (SSSR count). The van der Waals surface area contributed by atoms with Gasteiger partial charge in [-0.15, -0.1) is 11.8 Å². The van der Waals surface area contributed by atoms with E-state index in [9.17, 15) is 15.2 Å². The average Bonchev–Trinajstić information content (AvgIpc) is 2.93. The van der Waals surface area contributed by atoms with Gasteiger partial charge in [-0.2, -0.15) is 5.26 Å². The van der Waals surface area contributed by atoms with Crippen molar-refractivity contribution in [2.24, 2.45) is 7.05 Å². The number of carbonyl (C=O) groups is 1. The lowest BCUT2D eigenvalue weighted by Crippen LogP contribution is -2.06. The number of nitriles is 1. The van der Waals surface area contributed by atoms with Crippen LogP contribution in [0.4, 0.5) is 0 Å². The van der Waals surface area contributed by atoms with Gasteiger partial charge in [0.25, 0.3) is 0 Å². The zero-order chi connectivity index (χ0) is 19.7. The van der Waals surface area contributed by atoms with Crippen LogP contribution in [-0.2, 0) is 7.05 Å². The summed E-state index contributed by atoms with van der Waals surface area (Å²) in [4.78, 5) is 11.9. The Hall–Kier alpha value is -2.97. The lowest BCUT2D eigenvalue weighted by molar-refractivity contribution is 0.0686. The van der Waals surface area contributed by atoms with Crippen LogP contribution in [0.3, 0.4) is 0 Å². The Morgan fingerprint density at radius 3 is 2.00 bits per heavy atom. The molecule has 0 aliphatic carbocycles. The van der Waals surface area contributed by atoms with E-state index in [1.54, 1.807) is 11.6 Å². The Balaban J connectivity index is 2.20. The van der Waals surface area contributed by atoms with Crippen molar-refractivity contribution in [2.75, 3.05) is 6.26 Å². The molecule has 0 aliphatic rings. The predicted molar refractivity (Wildman–Crippen MR) is 109 cm³/mol. The van der Waals surface area contributed by atoms with Crippen LogP contribution in [0.5, 0.6) is 0 Å². The molecule has 0 fully saturated rings. The number of nitrogens with zero attached hydrogens (tertiary/aromatic N) is 2. The fraction of sp³-hybridized carbons (Fsp3) is 0.182. The van der Waals surface area contributed by atoms with Crippen LogP contribution in [-0.4, -0.2) is 21.9 Å². The van der Waals surface area contributed by atoms with Crippen LogP contribution < -0.4 is 0 Å². The second kappa shape index (κ2) is 7.34. The average molecular weight is 376 g/mol. The third-order valence-electron chi connectivity index (χ3n) is 4.79. The van der Waals surface area contributed by atoms with Crippen LogP contribution in [0.25, 0.3) is 22.3 Å². The standard InChI is InChI=1S/C22H20N2O2S/c1-13-6-5-7-14(2)18(13)15-8-10-16(11-9-15)19-17(12-23)21(27-4)24(3)20(19)22(25)26/h5-11H,1-4H3,(H,25,26). The molecule has 136 valence electrons. The van der Waals surface area contributed by atoms with Crippen molar-refractivity contribution in [3.05, 3.63) is 64.8 Å². The van der Waals surface area contributed by atoms with Crippen molar-refractivity contribution in [3.63, 3.8) is 0 Å². The van der Waals surface area contributed by atoms with Crippen LogP contribution >= 0.6 is 11.8 Å². The lowest BCUT2D eigenvalue weighted by atomic mass is 9.93. The van der Waals surface area contributed by atoms with Crippen LogP contribution in [0.15, 0.2) is 47.5 Å². The van der Waals surface area contributed by atoms with Gasteiger partial charge in [0.2, 0.25) is 0 Å². The van der Waals surface area contributed by atoms with Gasteiger partial charge in [-0.1, -0.05) is 42.5 Å². The minimum absolute atomic E-state index is 0.135. The van der Waals surface area contributed by atoms with Gasteiger partial charge in [-0.25, -0.2) is 4.79 Å². The molecule has 0 radical (unpaired) electrons. The number of carboxylic acid groups (broad SMARTS) is 1. The number of aromatic carboxylic acids is 1. The van der Waals surface area contributed by atoms with E-state index in [-0.39, 0.29) is 5.69 Å². The number of hydrogen-bond donors (Lipinski definition) is 1. The molecule has 2 aromatic carbocycles. The highest BCUT2D eigenvalue weighted by Gasteiger charge is 2.26. The van der Waals surface area contributed by atoms with Crippen LogP contribution in [0.1, 0.15) is 27.2 Å². The van der Waals surface area contributed by atoms with E-state index in [1.165, 1.54) is 28.5 Å².